The number of nitrogens with one attached hydrogen (secondary N) is 1. The van der Waals surface area contributed by atoms with Crippen molar-refractivity contribution in [2.75, 3.05) is 6.54 Å². The molecule has 0 radical (unpaired) electrons. The zero-order valence-corrected chi connectivity index (χ0v) is 11.8. The van der Waals surface area contributed by atoms with Gasteiger partial charge in [-0.1, -0.05) is 36.2 Å². The van der Waals surface area contributed by atoms with E-state index in [4.69, 9.17) is 5.11 Å². The number of amides is 1. The van der Waals surface area contributed by atoms with Crippen LogP contribution in [0.4, 0.5) is 0 Å². The van der Waals surface area contributed by atoms with Crippen molar-refractivity contribution in [2.45, 2.75) is 32.6 Å². The Hall–Kier alpha value is -1.84. The molecule has 20 heavy (non-hydrogen) atoms. The van der Waals surface area contributed by atoms with Gasteiger partial charge in [0, 0.05) is 6.54 Å². The minimum Gasteiger partial charge on any atom is -0.481 e. The lowest BCUT2D eigenvalue weighted by Crippen LogP contribution is -2.33. The first-order chi connectivity index (χ1) is 9.56. The van der Waals surface area contributed by atoms with Crippen LogP contribution in [0.25, 0.3) is 0 Å². The Morgan fingerprint density at radius 2 is 1.95 bits per heavy atom. The average Bonchev–Trinajstić information content (AvgIpc) is 2.88. The van der Waals surface area contributed by atoms with E-state index in [1.807, 2.05) is 31.2 Å². The quantitative estimate of drug-likeness (QED) is 0.865. The molecular weight excluding hydrogens is 254 g/mol. The highest BCUT2D eigenvalue weighted by Gasteiger charge is 2.32. The molecule has 2 rings (SSSR count). The summed E-state index contributed by atoms with van der Waals surface area (Å²) in [6, 6.07) is 7.87. The number of hydrogen-bond acceptors (Lipinski definition) is 2. The minimum atomic E-state index is -0.736. The highest BCUT2D eigenvalue weighted by molar-refractivity contribution is 5.78. The number of carbonyl (C=O) groups is 2. The van der Waals surface area contributed by atoms with Crippen LogP contribution in [-0.2, 0) is 16.0 Å². The van der Waals surface area contributed by atoms with E-state index in [9.17, 15) is 9.59 Å². The van der Waals surface area contributed by atoms with Gasteiger partial charge in [0.1, 0.15) is 0 Å². The number of aryl methyl sites for hydroxylation is 1. The van der Waals surface area contributed by atoms with Gasteiger partial charge in [-0.2, -0.15) is 0 Å². The molecule has 0 heterocycles. The molecule has 0 aromatic heterocycles. The Bertz CT molecular complexity index is 481. The van der Waals surface area contributed by atoms with Gasteiger partial charge in [0.2, 0.25) is 5.91 Å². The summed E-state index contributed by atoms with van der Waals surface area (Å²) in [6.07, 6.45) is 2.91. The van der Waals surface area contributed by atoms with Crippen LogP contribution < -0.4 is 5.32 Å². The Labute approximate surface area is 119 Å². The normalized spacial score (nSPS) is 21.6. The van der Waals surface area contributed by atoms with Crippen LogP contribution in [0.1, 0.15) is 30.4 Å². The van der Waals surface area contributed by atoms with Crippen molar-refractivity contribution in [3.63, 3.8) is 0 Å². The van der Waals surface area contributed by atoms with Gasteiger partial charge in [-0.05, 0) is 31.2 Å². The molecule has 0 spiro atoms. The Kier molecular flexibility index (Phi) is 4.77. The Morgan fingerprint density at radius 1 is 1.25 bits per heavy atom. The van der Waals surface area contributed by atoms with E-state index in [-0.39, 0.29) is 17.7 Å². The van der Waals surface area contributed by atoms with Crippen LogP contribution in [0.3, 0.4) is 0 Å². The van der Waals surface area contributed by atoms with Gasteiger partial charge in [-0.15, -0.1) is 0 Å². The zero-order valence-electron chi connectivity index (χ0n) is 11.8. The smallest absolute Gasteiger partial charge is 0.306 e. The first kappa shape index (κ1) is 14.6. The van der Waals surface area contributed by atoms with E-state index >= 15 is 0 Å². The van der Waals surface area contributed by atoms with Gasteiger partial charge < -0.3 is 10.4 Å². The summed E-state index contributed by atoms with van der Waals surface area (Å²) in [5, 5.41) is 12.0. The molecule has 1 aromatic rings. The molecule has 2 unspecified atom stereocenters. The predicted molar refractivity (Wildman–Crippen MR) is 76.4 cm³/mol. The van der Waals surface area contributed by atoms with Crippen molar-refractivity contribution in [3.05, 3.63) is 35.4 Å². The summed E-state index contributed by atoms with van der Waals surface area (Å²) in [5.74, 6) is -0.991. The fourth-order valence-corrected chi connectivity index (χ4v) is 2.81. The highest BCUT2D eigenvalue weighted by atomic mass is 16.4. The molecule has 2 N–H and O–H groups in total. The van der Waals surface area contributed by atoms with Crippen LogP contribution >= 0.6 is 0 Å². The van der Waals surface area contributed by atoms with Crippen LogP contribution in [0.15, 0.2) is 24.3 Å². The summed E-state index contributed by atoms with van der Waals surface area (Å²) < 4.78 is 0. The second kappa shape index (κ2) is 6.55. The Morgan fingerprint density at radius 3 is 2.60 bits per heavy atom. The van der Waals surface area contributed by atoms with E-state index in [2.05, 4.69) is 5.32 Å². The van der Waals surface area contributed by atoms with Crippen molar-refractivity contribution >= 4 is 11.9 Å². The van der Waals surface area contributed by atoms with Crippen LogP contribution in [0.2, 0.25) is 0 Å². The molecule has 0 saturated heterocycles. The molecule has 108 valence electrons. The predicted octanol–water partition coefficient (Wildman–Crippen LogP) is 2.15. The third kappa shape index (κ3) is 3.83. The molecule has 2 atom stereocenters. The van der Waals surface area contributed by atoms with Gasteiger partial charge in [-0.25, -0.2) is 0 Å². The third-order valence-electron chi connectivity index (χ3n) is 4.02. The summed E-state index contributed by atoms with van der Waals surface area (Å²) >= 11 is 0. The first-order valence-corrected chi connectivity index (χ1v) is 7.11. The Balaban J connectivity index is 1.80. The maximum atomic E-state index is 11.9. The zero-order chi connectivity index (χ0) is 14.5. The van der Waals surface area contributed by atoms with Gasteiger partial charge in [0.25, 0.3) is 0 Å². The summed E-state index contributed by atoms with van der Waals surface area (Å²) in [6.45, 7) is 2.48. The second-order valence-corrected chi connectivity index (χ2v) is 5.60. The van der Waals surface area contributed by atoms with E-state index in [0.29, 0.717) is 13.0 Å². The fourth-order valence-electron chi connectivity index (χ4n) is 2.81. The summed E-state index contributed by atoms with van der Waals surface area (Å²) in [4.78, 5) is 22.9. The van der Waals surface area contributed by atoms with E-state index in [0.717, 1.165) is 24.8 Å². The first-order valence-electron chi connectivity index (χ1n) is 7.11. The minimum absolute atomic E-state index is 0.0371. The van der Waals surface area contributed by atoms with Crippen LogP contribution in [0, 0.1) is 18.8 Å². The molecular formula is C16H21NO3. The van der Waals surface area contributed by atoms with Gasteiger partial charge >= 0.3 is 5.97 Å². The van der Waals surface area contributed by atoms with Crippen molar-refractivity contribution in [2.24, 2.45) is 11.8 Å². The maximum absolute atomic E-state index is 11.9. The van der Waals surface area contributed by atoms with Gasteiger partial charge in [-0.3, -0.25) is 9.59 Å². The number of carboxylic acid groups (broad SMARTS) is 1. The standard InChI is InChI=1S/C16H21NO3/c1-11-5-7-12(8-6-11)9-15(18)17-10-13-3-2-4-14(13)16(19)20/h5-8,13-14H,2-4,9-10H2,1H3,(H,17,18)(H,19,20). The number of aliphatic carboxylic acids is 1. The van der Waals surface area contributed by atoms with Crippen molar-refractivity contribution in [1.82, 2.24) is 5.32 Å². The molecule has 1 saturated carbocycles. The average molecular weight is 275 g/mol. The summed E-state index contributed by atoms with van der Waals surface area (Å²) in [7, 11) is 0. The number of hydrogen-bond donors (Lipinski definition) is 2. The van der Waals surface area contributed by atoms with Crippen molar-refractivity contribution in [1.29, 1.82) is 0 Å². The molecule has 1 fully saturated rings. The topological polar surface area (TPSA) is 66.4 Å². The van der Waals surface area contributed by atoms with Gasteiger partial charge in [0.05, 0.1) is 12.3 Å². The lowest BCUT2D eigenvalue weighted by molar-refractivity contribution is -0.143. The molecule has 1 aliphatic rings. The van der Waals surface area contributed by atoms with E-state index < -0.39 is 5.97 Å². The van der Waals surface area contributed by atoms with Crippen LogP contribution in [-0.4, -0.2) is 23.5 Å². The molecule has 0 bridgehead atoms. The number of rotatable bonds is 5. The van der Waals surface area contributed by atoms with Crippen LogP contribution in [0.5, 0.6) is 0 Å². The SMILES string of the molecule is Cc1ccc(CC(=O)NCC2CCCC2C(=O)O)cc1. The second-order valence-electron chi connectivity index (χ2n) is 5.60. The molecule has 1 amide bonds. The number of carboxylic acids is 1. The highest BCUT2D eigenvalue weighted by Crippen LogP contribution is 2.31. The largest absolute Gasteiger partial charge is 0.481 e. The number of benzene rings is 1. The monoisotopic (exact) mass is 275 g/mol. The molecule has 1 aliphatic carbocycles. The maximum Gasteiger partial charge on any atom is 0.306 e. The number of carbonyl (C=O) groups excluding carboxylic acids is 1. The molecule has 4 nitrogen and oxygen atoms in total. The van der Waals surface area contributed by atoms with Crippen molar-refractivity contribution in [3.8, 4) is 0 Å². The van der Waals surface area contributed by atoms with Crippen molar-refractivity contribution < 1.29 is 14.7 Å². The van der Waals surface area contributed by atoms with E-state index in [1.165, 1.54) is 5.56 Å². The molecule has 1 aromatic carbocycles. The summed E-state index contributed by atoms with van der Waals surface area (Å²) in [5.41, 5.74) is 2.15. The third-order valence-corrected chi connectivity index (χ3v) is 4.02. The molecule has 0 aliphatic heterocycles. The lowest BCUT2D eigenvalue weighted by Gasteiger charge is -2.16. The lowest BCUT2D eigenvalue weighted by atomic mass is 9.96. The molecule has 4 heteroatoms. The fraction of sp³-hybridized carbons (Fsp3) is 0.500. The van der Waals surface area contributed by atoms with Gasteiger partial charge in [0.15, 0.2) is 0 Å². The van der Waals surface area contributed by atoms with E-state index in [1.54, 1.807) is 0 Å².